The topological polar surface area (TPSA) is 89.8 Å². The van der Waals surface area contributed by atoms with Crippen molar-refractivity contribution in [1.29, 1.82) is 0 Å². The van der Waals surface area contributed by atoms with Gasteiger partial charge < -0.3 is 20.6 Å². The zero-order valence-electron chi connectivity index (χ0n) is 42.5. The predicted octanol–water partition coefficient (Wildman–Crippen LogP) is 17.4. The monoisotopic (exact) mass is 886 g/mol. The summed E-state index contributed by atoms with van der Waals surface area (Å²) in [6.07, 6.45) is 69.5. The summed E-state index contributed by atoms with van der Waals surface area (Å²) < 4.78 is 0. The van der Waals surface area contributed by atoms with Gasteiger partial charge in [-0.05, 0) is 44.9 Å². The quantitative estimate of drug-likeness (QED) is 0.0362. The van der Waals surface area contributed by atoms with Gasteiger partial charge in [-0.1, -0.05) is 294 Å². The fraction of sp³-hybridized carbons (Fsp3) is 0.879. The highest BCUT2D eigenvalue weighted by molar-refractivity contribution is 5.80. The molecule has 0 aliphatic carbocycles. The van der Waals surface area contributed by atoms with Crippen LogP contribution in [0.4, 0.5) is 0 Å². The zero-order chi connectivity index (χ0) is 45.8. The molecule has 4 N–H and O–H groups in total. The molecule has 0 aromatic rings. The van der Waals surface area contributed by atoms with E-state index in [2.05, 4.69) is 43.5 Å². The van der Waals surface area contributed by atoms with Crippen molar-refractivity contribution in [1.82, 2.24) is 5.32 Å². The molecule has 0 fully saturated rings. The third-order valence-corrected chi connectivity index (χ3v) is 13.2. The third kappa shape index (κ3) is 48.3. The molecule has 5 nitrogen and oxygen atoms in total. The molecule has 1 amide bonds. The van der Waals surface area contributed by atoms with E-state index in [0.29, 0.717) is 6.42 Å². The van der Waals surface area contributed by atoms with Gasteiger partial charge >= 0.3 is 0 Å². The first-order chi connectivity index (χ1) is 31.1. The highest BCUT2D eigenvalue weighted by Gasteiger charge is 2.22. The third-order valence-electron chi connectivity index (χ3n) is 13.2. The number of aliphatic hydroxyl groups excluding tert-OH is 3. The maximum atomic E-state index is 12.5. The molecule has 3 unspecified atom stereocenters. The van der Waals surface area contributed by atoms with Gasteiger partial charge in [0.25, 0.3) is 0 Å². The summed E-state index contributed by atoms with van der Waals surface area (Å²) in [5, 5.41) is 33.3. The van der Waals surface area contributed by atoms with Gasteiger partial charge in [-0.25, -0.2) is 0 Å². The minimum absolute atomic E-state index is 0.379. The van der Waals surface area contributed by atoms with Crippen LogP contribution in [0.2, 0.25) is 0 Å². The van der Waals surface area contributed by atoms with Crippen LogP contribution in [0.3, 0.4) is 0 Å². The summed E-state index contributed by atoms with van der Waals surface area (Å²) in [6.45, 7) is 4.19. The largest absolute Gasteiger partial charge is 0.394 e. The van der Waals surface area contributed by atoms with Crippen LogP contribution in [0, 0.1) is 0 Å². The second-order valence-electron chi connectivity index (χ2n) is 19.5. The lowest BCUT2D eigenvalue weighted by molar-refractivity contribution is -0.131. The van der Waals surface area contributed by atoms with Gasteiger partial charge in [0.2, 0.25) is 5.91 Å². The van der Waals surface area contributed by atoms with Crippen LogP contribution in [0.25, 0.3) is 0 Å². The van der Waals surface area contributed by atoms with Crippen LogP contribution in [-0.4, -0.2) is 46.1 Å². The molecule has 0 aliphatic rings. The van der Waals surface area contributed by atoms with E-state index in [0.717, 1.165) is 44.9 Å². The van der Waals surface area contributed by atoms with E-state index < -0.39 is 24.2 Å². The van der Waals surface area contributed by atoms with Gasteiger partial charge in [0, 0.05) is 0 Å². The molecule has 0 bridgehead atoms. The van der Waals surface area contributed by atoms with Gasteiger partial charge in [0.05, 0.1) is 18.8 Å². The van der Waals surface area contributed by atoms with Gasteiger partial charge in [-0.2, -0.15) is 0 Å². The Kier molecular flexibility index (Phi) is 52.0. The molecular formula is C58H111NO4. The van der Waals surface area contributed by atoms with Crippen molar-refractivity contribution in [2.45, 2.75) is 321 Å². The molecule has 0 radical (unpaired) electrons. The van der Waals surface area contributed by atoms with Crippen molar-refractivity contribution in [3.05, 3.63) is 36.5 Å². The lowest BCUT2D eigenvalue weighted by atomic mass is 10.0. The molecule has 0 aromatic carbocycles. The Morgan fingerprint density at radius 1 is 0.381 bits per heavy atom. The number of allylic oxidation sites excluding steroid dienone is 5. The number of carbonyl (C=O) groups is 1. The smallest absolute Gasteiger partial charge is 0.249 e. The van der Waals surface area contributed by atoms with Gasteiger partial charge in [-0.3, -0.25) is 4.79 Å². The Labute approximate surface area is 394 Å². The van der Waals surface area contributed by atoms with Gasteiger partial charge in [0.15, 0.2) is 0 Å². The van der Waals surface area contributed by atoms with E-state index in [1.54, 1.807) is 6.08 Å². The lowest BCUT2D eigenvalue weighted by Gasteiger charge is -2.21. The summed E-state index contributed by atoms with van der Waals surface area (Å²) in [7, 11) is 0. The van der Waals surface area contributed by atoms with E-state index in [-0.39, 0.29) is 6.61 Å². The average molecular weight is 887 g/mol. The first-order valence-corrected chi connectivity index (χ1v) is 28.3. The van der Waals surface area contributed by atoms with Crippen LogP contribution in [0.15, 0.2) is 36.5 Å². The van der Waals surface area contributed by atoms with E-state index in [1.807, 2.05) is 6.08 Å². The minimum Gasteiger partial charge on any atom is -0.394 e. The van der Waals surface area contributed by atoms with Crippen LogP contribution in [0.5, 0.6) is 0 Å². The number of amides is 1. The molecule has 3 atom stereocenters. The van der Waals surface area contributed by atoms with E-state index >= 15 is 0 Å². The Balaban J connectivity index is 3.56. The first kappa shape index (κ1) is 61.6. The van der Waals surface area contributed by atoms with Gasteiger partial charge in [-0.15, -0.1) is 0 Å². The van der Waals surface area contributed by atoms with Crippen LogP contribution >= 0.6 is 0 Å². The SMILES string of the molecule is CCCCCCCCCCC/C=C/CC/C=C/CC/C=C/C(O)C(CO)NC(=O)C(O)CCCCCCCCCCCCCCCCCCCCCCCCCCCCCCCC. The standard InChI is InChI=1S/C58H111NO4/c1-3-5-7-9-11-13-15-17-19-21-23-24-25-26-27-28-29-30-31-32-33-35-37-39-41-43-45-47-49-51-53-57(62)58(63)59-55(54-60)56(61)52-50-48-46-44-42-40-38-36-34-22-20-18-16-14-12-10-8-6-4-2/h34,36,42,44,50,52,55-57,60-62H,3-33,35,37-41,43,45-49,51,53-54H2,1-2H3,(H,59,63)/b36-34+,44-42+,52-50+. The van der Waals surface area contributed by atoms with Crippen LogP contribution in [0.1, 0.15) is 303 Å². The number of aliphatic hydroxyl groups is 3. The molecule has 0 aliphatic heterocycles. The lowest BCUT2D eigenvalue weighted by Crippen LogP contribution is -2.48. The first-order valence-electron chi connectivity index (χ1n) is 28.3. The number of unbranched alkanes of at least 4 members (excludes halogenated alkanes) is 40. The van der Waals surface area contributed by atoms with E-state index in [1.165, 1.54) is 238 Å². The second-order valence-corrected chi connectivity index (χ2v) is 19.5. The maximum Gasteiger partial charge on any atom is 0.249 e. The van der Waals surface area contributed by atoms with Crippen molar-refractivity contribution in [3.63, 3.8) is 0 Å². The summed E-state index contributed by atoms with van der Waals surface area (Å²) >= 11 is 0. The Morgan fingerprint density at radius 3 is 0.968 bits per heavy atom. The Hall–Kier alpha value is -1.43. The second kappa shape index (κ2) is 53.2. The normalized spacial score (nSPS) is 13.5. The van der Waals surface area contributed by atoms with Crippen molar-refractivity contribution in [2.75, 3.05) is 6.61 Å². The highest BCUT2D eigenvalue weighted by Crippen LogP contribution is 2.18. The van der Waals surface area contributed by atoms with Crippen LogP contribution < -0.4 is 5.32 Å². The van der Waals surface area contributed by atoms with Crippen LogP contribution in [-0.2, 0) is 4.79 Å². The van der Waals surface area contributed by atoms with Gasteiger partial charge in [0.1, 0.15) is 6.10 Å². The molecule has 0 rings (SSSR count). The fourth-order valence-electron chi connectivity index (χ4n) is 8.81. The minimum atomic E-state index is -1.11. The Morgan fingerprint density at radius 2 is 0.651 bits per heavy atom. The number of hydrogen-bond acceptors (Lipinski definition) is 4. The molecule has 0 aromatic heterocycles. The number of hydrogen-bond donors (Lipinski definition) is 4. The summed E-state index contributed by atoms with van der Waals surface area (Å²) in [5.74, 6) is -0.512. The molecule has 0 heterocycles. The molecule has 63 heavy (non-hydrogen) atoms. The van der Waals surface area contributed by atoms with Crippen molar-refractivity contribution in [3.8, 4) is 0 Å². The number of nitrogens with one attached hydrogen (secondary N) is 1. The molecule has 5 heteroatoms. The highest BCUT2D eigenvalue weighted by atomic mass is 16.3. The van der Waals surface area contributed by atoms with Crippen molar-refractivity contribution >= 4 is 5.91 Å². The molecule has 372 valence electrons. The summed E-state index contributed by atoms with van der Waals surface area (Å²) in [6, 6.07) is -0.820. The van der Waals surface area contributed by atoms with E-state index in [9.17, 15) is 20.1 Å². The number of carbonyl (C=O) groups excluding carboxylic acids is 1. The van der Waals surface area contributed by atoms with E-state index in [4.69, 9.17) is 0 Å². The molecular weight excluding hydrogens is 775 g/mol. The molecule has 0 saturated carbocycles. The molecule has 0 saturated heterocycles. The maximum absolute atomic E-state index is 12.5. The zero-order valence-corrected chi connectivity index (χ0v) is 42.5. The summed E-state index contributed by atoms with van der Waals surface area (Å²) in [4.78, 5) is 12.5. The summed E-state index contributed by atoms with van der Waals surface area (Å²) in [5.41, 5.74) is 0. The van der Waals surface area contributed by atoms with Crippen molar-refractivity contribution in [2.24, 2.45) is 0 Å². The number of rotatable bonds is 52. The Bertz CT molecular complexity index is 978. The van der Waals surface area contributed by atoms with Crippen molar-refractivity contribution < 1.29 is 20.1 Å². The molecule has 0 spiro atoms. The predicted molar refractivity (Wildman–Crippen MR) is 278 cm³/mol. The average Bonchev–Trinajstić information content (AvgIpc) is 3.29. The fourth-order valence-corrected chi connectivity index (χ4v) is 8.81.